The van der Waals surface area contributed by atoms with E-state index >= 15 is 0 Å². The molecule has 4 aromatic rings. The molecule has 0 aliphatic rings. The molecule has 0 unspecified atom stereocenters. The average Bonchev–Trinajstić information content (AvgIpc) is 3.18. The number of carbonyl (C=O) groups excluding carboxylic acids is 1. The second-order valence-electron chi connectivity index (χ2n) is 7.30. The van der Waals surface area contributed by atoms with Gasteiger partial charge in [0.1, 0.15) is 10.8 Å². The van der Waals surface area contributed by atoms with E-state index in [1.165, 1.54) is 17.3 Å². The number of aromatic nitrogens is 4. The van der Waals surface area contributed by atoms with Crippen LogP contribution in [0.2, 0.25) is 0 Å². The van der Waals surface area contributed by atoms with Gasteiger partial charge in [-0.2, -0.15) is 9.61 Å². The van der Waals surface area contributed by atoms with Gasteiger partial charge in [-0.15, -0.1) is 10.2 Å². The first kappa shape index (κ1) is 20.9. The van der Waals surface area contributed by atoms with Crippen molar-refractivity contribution in [2.75, 3.05) is 18.2 Å². The van der Waals surface area contributed by atoms with Gasteiger partial charge in [-0.25, -0.2) is 0 Å². The molecule has 8 heteroatoms. The highest BCUT2D eigenvalue weighted by molar-refractivity contribution is 7.99. The molecule has 0 fully saturated rings. The van der Waals surface area contributed by atoms with Crippen molar-refractivity contribution >= 4 is 29.0 Å². The van der Waals surface area contributed by atoms with E-state index in [4.69, 9.17) is 4.74 Å². The Morgan fingerprint density at radius 1 is 1.03 bits per heavy atom. The maximum absolute atomic E-state index is 12.5. The SMILES string of the molecule is COc1ccc(-c2nnc3ccc(SCC(=O)Nc4c(C)cc(C)cc4C)nn23)cc1. The monoisotopic (exact) mass is 433 g/mol. The fourth-order valence-corrected chi connectivity index (χ4v) is 4.12. The van der Waals surface area contributed by atoms with Gasteiger partial charge in [0.05, 0.1) is 12.9 Å². The molecule has 2 aromatic carbocycles. The Hall–Kier alpha value is -3.39. The van der Waals surface area contributed by atoms with Crippen molar-refractivity contribution in [2.24, 2.45) is 0 Å². The highest BCUT2D eigenvalue weighted by atomic mass is 32.2. The van der Waals surface area contributed by atoms with E-state index in [0.29, 0.717) is 11.5 Å². The number of amides is 1. The molecule has 4 rings (SSSR count). The van der Waals surface area contributed by atoms with Crippen LogP contribution >= 0.6 is 11.8 Å². The number of thioether (sulfide) groups is 1. The van der Waals surface area contributed by atoms with Crippen LogP contribution in [0.3, 0.4) is 0 Å². The summed E-state index contributed by atoms with van der Waals surface area (Å²) in [5.41, 5.74) is 5.70. The second-order valence-corrected chi connectivity index (χ2v) is 8.30. The molecule has 0 radical (unpaired) electrons. The first-order chi connectivity index (χ1) is 14.9. The van der Waals surface area contributed by atoms with E-state index < -0.39 is 0 Å². The lowest BCUT2D eigenvalue weighted by Gasteiger charge is -2.12. The number of aryl methyl sites for hydroxylation is 3. The van der Waals surface area contributed by atoms with Gasteiger partial charge >= 0.3 is 0 Å². The zero-order chi connectivity index (χ0) is 22.0. The van der Waals surface area contributed by atoms with Crippen molar-refractivity contribution in [2.45, 2.75) is 25.8 Å². The number of nitrogens with one attached hydrogen (secondary N) is 1. The Labute approximate surface area is 184 Å². The normalized spacial score (nSPS) is 11.0. The lowest BCUT2D eigenvalue weighted by molar-refractivity contribution is -0.113. The van der Waals surface area contributed by atoms with Crippen LogP contribution in [0.25, 0.3) is 17.0 Å². The number of hydrogen-bond donors (Lipinski definition) is 1. The minimum absolute atomic E-state index is 0.0684. The third-order valence-electron chi connectivity index (χ3n) is 4.88. The molecule has 2 heterocycles. The standard InChI is InChI=1S/C23H23N5O2S/c1-14-11-15(2)22(16(3)12-14)24-20(29)13-31-21-10-9-19-25-26-23(28(19)27-21)17-5-7-18(30-4)8-6-17/h5-12H,13H2,1-4H3,(H,24,29). The van der Waals surface area contributed by atoms with Crippen molar-refractivity contribution in [3.05, 3.63) is 65.2 Å². The summed E-state index contributed by atoms with van der Waals surface area (Å²) in [7, 11) is 1.63. The lowest BCUT2D eigenvalue weighted by atomic mass is 10.1. The molecule has 158 valence electrons. The lowest BCUT2D eigenvalue weighted by Crippen LogP contribution is -2.16. The third kappa shape index (κ3) is 4.54. The molecule has 0 atom stereocenters. The zero-order valence-electron chi connectivity index (χ0n) is 17.8. The quantitative estimate of drug-likeness (QED) is 0.452. The van der Waals surface area contributed by atoms with Gasteiger partial charge in [0, 0.05) is 11.3 Å². The molecule has 0 saturated heterocycles. The largest absolute Gasteiger partial charge is 0.497 e. The Bertz CT molecular complexity index is 1230. The number of carbonyl (C=O) groups is 1. The summed E-state index contributed by atoms with van der Waals surface area (Å²) in [5, 5.41) is 16.8. The number of ether oxygens (including phenoxy) is 1. The van der Waals surface area contributed by atoms with Crippen LogP contribution in [0.15, 0.2) is 53.6 Å². The number of anilines is 1. The summed E-state index contributed by atoms with van der Waals surface area (Å²) >= 11 is 1.37. The van der Waals surface area contributed by atoms with Crippen LogP contribution in [0.1, 0.15) is 16.7 Å². The first-order valence-corrected chi connectivity index (χ1v) is 10.8. The van der Waals surface area contributed by atoms with E-state index in [1.54, 1.807) is 11.6 Å². The van der Waals surface area contributed by atoms with Gasteiger partial charge in [-0.05, 0) is 68.3 Å². The van der Waals surface area contributed by atoms with E-state index in [9.17, 15) is 4.79 Å². The maximum atomic E-state index is 12.5. The van der Waals surface area contributed by atoms with E-state index in [0.717, 1.165) is 33.2 Å². The minimum atomic E-state index is -0.0684. The molecular formula is C23H23N5O2S. The molecule has 1 N–H and O–H groups in total. The molecule has 0 aliphatic heterocycles. The molecule has 1 amide bonds. The van der Waals surface area contributed by atoms with Crippen molar-refractivity contribution in [3.63, 3.8) is 0 Å². The summed E-state index contributed by atoms with van der Waals surface area (Å²) in [6.07, 6.45) is 0. The van der Waals surface area contributed by atoms with Crippen molar-refractivity contribution in [1.29, 1.82) is 0 Å². The van der Waals surface area contributed by atoms with Gasteiger partial charge in [-0.1, -0.05) is 29.5 Å². The third-order valence-corrected chi connectivity index (χ3v) is 5.80. The number of methoxy groups -OCH3 is 1. The van der Waals surface area contributed by atoms with Crippen molar-refractivity contribution in [3.8, 4) is 17.1 Å². The predicted molar refractivity (Wildman–Crippen MR) is 123 cm³/mol. The zero-order valence-corrected chi connectivity index (χ0v) is 18.7. The molecule has 31 heavy (non-hydrogen) atoms. The topological polar surface area (TPSA) is 81.4 Å². The number of benzene rings is 2. The number of rotatable bonds is 6. The van der Waals surface area contributed by atoms with Crippen molar-refractivity contribution in [1.82, 2.24) is 19.8 Å². The Morgan fingerprint density at radius 2 is 1.74 bits per heavy atom. The first-order valence-electron chi connectivity index (χ1n) is 9.82. The summed E-state index contributed by atoms with van der Waals surface area (Å²) < 4.78 is 6.90. The highest BCUT2D eigenvalue weighted by Gasteiger charge is 2.13. The number of hydrogen-bond acceptors (Lipinski definition) is 6. The van der Waals surface area contributed by atoms with Crippen molar-refractivity contribution < 1.29 is 9.53 Å². The van der Waals surface area contributed by atoms with E-state index in [1.807, 2.05) is 50.2 Å². The molecule has 2 aromatic heterocycles. The van der Waals surface area contributed by atoms with Crippen LogP contribution < -0.4 is 10.1 Å². The Kier molecular flexibility index (Phi) is 5.90. The summed E-state index contributed by atoms with van der Waals surface area (Å²) in [4.78, 5) is 12.5. The summed E-state index contributed by atoms with van der Waals surface area (Å²) in [6, 6.07) is 15.4. The number of fused-ring (bicyclic) bond motifs is 1. The van der Waals surface area contributed by atoms with Crippen LogP contribution in [0.4, 0.5) is 5.69 Å². The van der Waals surface area contributed by atoms with Crippen LogP contribution in [-0.2, 0) is 4.79 Å². The van der Waals surface area contributed by atoms with Gasteiger partial charge < -0.3 is 10.1 Å². The smallest absolute Gasteiger partial charge is 0.234 e. The van der Waals surface area contributed by atoms with Crippen LogP contribution in [0.5, 0.6) is 5.75 Å². The van der Waals surface area contributed by atoms with Crippen LogP contribution in [-0.4, -0.2) is 38.6 Å². The van der Waals surface area contributed by atoms with Gasteiger partial charge in [0.2, 0.25) is 5.91 Å². The molecule has 0 aliphatic carbocycles. The summed E-state index contributed by atoms with van der Waals surface area (Å²) in [6.45, 7) is 6.06. The highest BCUT2D eigenvalue weighted by Crippen LogP contribution is 2.24. The van der Waals surface area contributed by atoms with Gasteiger partial charge in [0.15, 0.2) is 11.5 Å². The van der Waals surface area contributed by atoms with E-state index in [2.05, 4.69) is 39.7 Å². The molecule has 0 spiro atoms. The fourth-order valence-electron chi connectivity index (χ4n) is 3.46. The van der Waals surface area contributed by atoms with Gasteiger partial charge in [-0.3, -0.25) is 4.79 Å². The number of nitrogens with zero attached hydrogens (tertiary/aromatic N) is 4. The molecule has 0 saturated carbocycles. The van der Waals surface area contributed by atoms with Gasteiger partial charge in [0.25, 0.3) is 0 Å². The molecule has 0 bridgehead atoms. The predicted octanol–water partition coefficient (Wildman–Crippen LogP) is 4.46. The Balaban J connectivity index is 1.49. The Morgan fingerprint density at radius 3 is 2.42 bits per heavy atom. The maximum Gasteiger partial charge on any atom is 0.234 e. The summed E-state index contributed by atoms with van der Waals surface area (Å²) in [5.74, 6) is 1.59. The fraction of sp³-hybridized carbons (Fsp3) is 0.217. The molecular weight excluding hydrogens is 410 g/mol. The minimum Gasteiger partial charge on any atom is -0.497 e. The van der Waals surface area contributed by atoms with E-state index in [-0.39, 0.29) is 11.7 Å². The van der Waals surface area contributed by atoms with Crippen LogP contribution in [0, 0.1) is 20.8 Å². The average molecular weight is 434 g/mol. The second kappa shape index (κ2) is 8.77. The molecule has 7 nitrogen and oxygen atoms in total.